The zero-order valence-electron chi connectivity index (χ0n) is 8.83. The van der Waals surface area contributed by atoms with Gasteiger partial charge in [0, 0.05) is 0 Å². The van der Waals surface area contributed by atoms with E-state index in [1.54, 1.807) is 11.5 Å². The molecule has 2 rings (SSSR count). The molecule has 7 heteroatoms. The van der Waals surface area contributed by atoms with Gasteiger partial charge in [-0.2, -0.15) is 0 Å². The first-order valence-electron chi connectivity index (χ1n) is 4.85. The molecule has 0 saturated carbocycles. The molecule has 0 aliphatic carbocycles. The van der Waals surface area contributed by atoms with E-state index in [9.17, 15) is 5.11 Å². The maximum atomic E-state index is 9.35. The summed E-state index contributed by atoms with van der Waals surface area (Å²) in [5.74, 6) is 0.866. The molecule has 0 spiro atoms. The van der Waals surface area contributed by atoms with Crippen molar-refractivity contribution in [2.45, 2.75) is 19.6 Å². The van der Waals surface area contributed by atoms with Crippen molar-refractivity contribution in [3.63, 3.8) is 0 Å². The second-order valence-corrected chi connectivity index (χ2v) is 3.56. The fourth-order valence-electron chi connectivity index (χ4n) is 1.50. The molecule has 0 aromatic carbocycles. The highest BCUT2D eigenvalue weighted by Gasteiger charge is 2.11. The largest absolute Gasteiger partial charge is 0.394 e. The molecule has 1 unspecified atom stereocenters. The number of aliphatic hydroxyl groups is 2. The molecular formula is C9H13N5O2. The number of hydrogen-bond acceptors (Lipinski definition) is 6. The molecule has 0 radical (unpaired) electrons. The third kappa shape index (κ3) is 1.82. The number of hydrogen-bond donors (Lipinski definition) is 3. The lowest BCUT2D eigenvalue weighted by atomic mass is 10.4. The van der Waals surface area contributed by atoms with Crippen LogP contribution < -0.4 is 5.73 Å². The van der Waals surface area contributed by atoms with Gasteiger partial charge in [0.2, 0.25) is 0 Å². The number of rotatable bonds is 3. The molecule has 0 saturated heterocycles. The molecule has 7 nitrogen and oxygen atoms in total. The van der Waals surface area contributed by atoms with Crippen LogP contribution in [0, 0.1) is 6.92 Å². The van der Waals surface area contributed by atoms with E-state index >= 15 is 0 Å². The number of anilines is 1. The van der Waals surface area contributed by atoms with Crippen molar-refractivity contribution >= 4 is 17.0 Å². The first kappa shape index (κ1) is 10.8. The van der Waals surface area contributed by atoms with E-state index in [-0.39, 0.29) is 13.2 Å². The summed E-state index contributed by atoms with van der Waals surface area (Å²) in [6.07, 6.45) is 0.683. The lowest BCUT2D eigenvalue weighted by Crippen LogP contribution is -2.19. The molecule has 86 valence electrons. The second kappa shape index (κ2) is 4.03. The highest BCUT2D eigenvalue weighted by Crippen LogP contribution is 2.15. The minimum atomic E-state index is -0.839. The number of fused-ring (bicyclic) bond motifs is 1. The molecule has 0 bridgehead atoms. The quantitative estimate of drug-likeness (QED) is 0.620. The van der Waals surface area contributed by atoms with E-state index in [2.05, 4.69) is 15.0 Å². The van der Waals surface area contributed by atoms with Crippen molar-refractivity contribution in [3.8, 4) is 0 Å². The molecule has 1 atom stereocenters. The Hall–Kier alpha value is -1.73. The zero-order chi connectivity index (χ0) is 11.7. The summed E-state index contributed by atoms with van der Waals surface area (Å²) in [5.41, 5.74) is 6.77. The minimum Gasteiger partial charge on any atom is -0.394 e. The molecular weight excluding hydrogens is 210 g/mol. The predicted molar refractivity (Wildman–Crippen MR) is 57.6 cm³/mol. The third-order valence-electron chi connectivity index (χ3n) is 2.22. The second-order valence-electron chi connectivity index (χ2n) is 3.56. The number of aliphatic hydroxyl groups excluding tert-OH is 2. The Labute approximate surface area is 91.6 Å². The summed E-state index contributed by atoms with van der Waals surface area (Å²) in [4.78, 5) is 12.3. The van der Waals surface area contributed by atoms with Gasteiger partial charge in [0.25, 0.3) is 0 Å². The number of nitrogen functional groups attached to an aromatic ring is 1. The monoisotopic (exact) mass is 223 g/mol. The van der Waals surface area contributed by atoms with Crippen LogP contribution in [0.4, 0.5) is 5.82 Å². The molecule has 2 aromatic rings. The molecule has 0 aliphatic rings. The van der Waals surface area contributed by atoms with Gasteiger partial charge in [-0.15, -0.1) is 0 Å². The predicted octanol–water partition coefficient (Wildman–Crippen LogP) is -0.930. The van der Waals surface area contributed by atoms with Gasteiger partial charge in [-0.1, -0.05) is 0 Å². The van der Waals surface area contributed by atoms with Crippen molar-refractivity contribution < 1.29 is 10.2 Å². The van der Waals surface area contributed by atoms with E-state index in [4.69, 9.17) is 10.8 Å². The van der Waals surface area contributed by atoms with Crippen molar-refractivity contribution in [1.29, 1.82) is 0 Å². The normalized spacial score (nSPS) is 13.2. The van der Waals surface area contributed by atoms with Gasteiger partial charge in [0.05, 0.1) is 25.6 Å². The van der Waals surface area contributed by atoms with Crippen molar-refractivity contribution in [1.82, 2.24) is 19.5 Å². The van der Waals surface area contributed by atoms with E-state index in [1.165, 1.54) is 6.33 Å². The summed E-state index contributed by atoms with van der Waals surface area (Å²) in [6.45, 7) is 1.65. The Morgan fingerprint density at radius 3 is 2.94 bits per heavy atom. The van der Waals surface area contributed by atoms with E-state index in [1.807, 2.05) is 0 Å². The summed E-state index contributed by atoms with van der Waals surface area (Å²) >= 11 is 0. The number of nitrogens with two attached hydrogens (primary N) is 1. The van der Waals surface area contributed by atoms with Crippen molar-refractivity contribution in [2.24, 2.45) is 0 Å². The maximum absolute atomic E-state index is 9.35. The number of aromatic nitrogens is 4. The van der Waals surface area contributed by atoms with Crippen LogP contribution in [0.1, 0.15) is 5.82 Å². The Morgan fingerprint density at radius 1 is 1.50 bits per heavy atom. The maximum Gasteiger partial charge on any atom is 0.165 e. The fourth-order valence-corrected chi connectivity index (χ4v) is 1.50. The summed E-state index contributed by atoms with van der Waals surface area (Å²) < 4.78 is 1.64. The Kier molecular flexibility index (Phi) is 2.71. The number of aryl methyl sites for hydroxylation is 1. The van der Waals surface area contributed by atoms with Gasteiger partial charge in [0.15, 0.2) is 11.5 Å². The topological polar surface area (TPSA) is 110 Å². The first-order chi connectivity index (χ1) is 7.61. The molecule has 4 N–H and O–H groups in total. The van der Waals surface area contributed by atoms with E-state index in [0.717, 1.165) is 0 Å². The molecule has 0 aliphatic heterocycles. The van der Waals surface area contributed by atoms with Gasteiger partial charge in [-0.05, 0) is 6.92 Å². The summed E-state index contributed by atoms with van der Waals surface area (Å²) in [5, 5.41) is 18.1. The van der Waals surface area contributed by atoms with Crippen LogP contribution >= 0.6 is 0 Å². The average molecular weight is 223 g/mol. The molecule has 16 heavy (non-hydrogen) atoms. The lowest BCUT2D eigenvalue weighted by Gasteiger charge is -2.08. The van der Waals surface area contributed by atoms with Crippen molar-refractivity contribution in [2.75, 3.05) is 12.3 Å². The highest BCUT2D eigenvalue weighted by atomic mass is 16.3. The van der Waals surface area contributed by atoms with Crippen LogP contribution in [0.25, 0.3) is 11.2 Å². The smallest absolute Gasteiger partial charge is 0.165 e. The highest BCUT2D eigenvalue weighted by molar-refractivity contribution is 5.81. The number of nitrogens with zero attached hydrogens (tertiary/aromatic N) is 4. The summed E-state index contributed by atoms with van der Waals surface area (Å²) in [6, 6.07) is 0. The van der Waals surface area contributed by atoms with Crippen LogP contribution in [0.3, 0.4) is 0 Å². The Morgan fingerprint density at radius 2 is 2.25 bits per heavy atom. The van der Waals surface area contributed by atoms with Gasteiger partial charge in [-0.3, -0.25) is 0 Å². The average Bonchev–Trinajstić information content (AvgIpc) is 2.61. The Balaban J connectivity index is 2.47. The SMILES string of the molecule is Cc1nc(N)c2ncn(CC(O)CO)c2n1. The molecule has 0 amide bonds. The fraction of sp³-hybridized carbons (Fsp3) is 0.444. The van der Waals surface area contributed by atoms with E-state index < -0.39 is 6.10 Å². The molecule has 2 aromatic heterocycles. The van der Waals surface area contributed by atoms with Gasteiger partial charge in [0.1, 0.15) is 11.3 Å². The van der Waals surface area contributed by atoms with Crippen LogP contribution in [0.2, 0.25) is 0 Å². The molecule has 0 fully saturated rings. The van der Waals surface area contributed by atoms with Gasteiger partial charge in [-0.25, -0.2) is 15.0 Å². The van der Waals surface area contributed by atoms with Crippen LogP contribution in [0.5, 0.6) is 0 Å². The van der Waals surface area contributed by atoms with E-state index in [0.29, 0.717) is 22.8 Å². The zero-order valence-corrected chi connectivity index (χ0v) is 8.83. The first-order valence-corrected chi connectivity index (χ1v) is 4.85. The van der Waals surface area contributed by atoms with Crippen LogP contribution in [-0.2, 0) is 6.54 Å². The number of imidazole rings is 1. The van der Waals surface area contributed by atoms with Gasteiger partial charge < -0.3 is 20.5 Å². The van der Waals surface area contributed by atoms with Crippen molar-refractivity contribution in [3.05, 3.63) is 12.2 Å². The lowest BCUT2D eigenvalue weighted by molar-refractivity contribution is 0.0819. The summed E-state index contributed by atoms with van der Waals surface area (Å²) in [7, 11) is 0. The molecule has 2 heterocycles. The minimum absolute atomic E-state index is 0.225. The Bertz CT molecular complexity index is 510. The third-order valence-corrected chi connectivity index (χ3v) is 2.22. The van der Waals surface area contributed by atoms with Gasteiger partial charge >= 0.3 is 0 Å². The van der Waals surface area contributed by atoms with Crippen LogP contribution in [0.15, 0.2) is 6.33 Å². The van der Waals surface area contributed by atoms with Crippen LogP contribution in [-0.4, -0.2) is 42.4 Å². The standard InChI is InChI=1S/C9H13N5O2/c1-5-12-8(10)7-9(13-5)14(4-11-7)2-6(16)3-15/h4,6,15-16H,2-3H2,1H3,(H2,10,12,13).